The van der Waals surface area contributed by atoms with E-state index in [1.54, 1.807) is 12.1 Å². The third kappa shape index (κ3) is 4.17. The molecule has 6 saturated carbocycles. The quantitative estimate of drug-likeness (QED) is 0.370. The molecule has 1 aliphatic heterocycles. The van der Waals surface area contributed by atoms with Gasteiger partial charge < -0.3 is 20.3 Å². The molecule has 2 aromatic rings. The van der Waals surface area contributed by atoms with E-state index in [9.17, 15) is 32.3 Å². The third-order valence-corrected chi connectivity index (χ3v) is 10.9. The van der Waals surface area contributed by atoms with Gasteiger partial charge in [0.15, 0.2) is 11.3 Å². The van der Waals surface area contributed by atoms with Gasteiger partial charge in [-0.2, -0.15) is 0 Å². The minimum absolute atomic E-state index is 0.0829. The average molecular weight is 590 g/mol. The van der Waals surface area contributed by atoms with Gasteiger partial charge in [-0.1, -0.05) is 0 Å². The number of rotatable bonds is 9. The summed E-state index contributed by atoms with van der Waals surface area (Å²) in [6.07, 6.45) is 1.41. The van der Waals surface area contributed by atoms with Crippen molar-refractivity contribution in [3.05, 3.63) is 23.7 Å². The number of alkyl halides is 4. The summed E-state index contributed by atoms with van der Waals surface area (Å²) in [5.41, 5.74) is -5.02. The van der Waals surface area contributed by atoms with Crippen LogP contribution in [0.4, 0.5) is 17.6 Å². The molecule has 226 valence electrons. The molecule has 0 aromatic carbocycles. The Labute approximate surface area is 240 Å². The number of amides is 2. The van der Waals surface area contributed by atoms with Gasteiger partial charge in [0, 0.05) is 13.0 Å². The summed E-state index contributed by atoms with van der Waals surface area (Å²) >= 11 is 0. The highest BCUT2D eigenvalue weighted by atomic mass is 19.3. The van der Waals surface area contributed by atoms with Gasteiger partial charge in [0.05, 0.1) is 28.7 Å². The summed E-state index contributed by atoms with van der Waals surface area (Å²) in [5, 5.41) is 13.7. The summed E-state index contributed by atoms with van der Waals surface area (Å²) in [4.78, 5) is 40.6. The molecule has 12 heteroatoms. The molecule has 0 radical (unpaired) electrons. The predicted octanol–water partition coefficient (Wildman–Crippen LogP) is 4.61. The van der Waals surface area contributed by atoms with E-state index in [4.69, 9.17) is 4.98 Å². The molecule has 3 heterocycles. The molecule has 3 N–H and O–H groups in total. The molecular weight excluding hydrogens is 554 g/mol. The molecular formula is C30H35F4N5O3. The maximum absolute atomic E-state index is 14.7. The Morgan fingerprint density at radius 3 is 2.26 bits per heavy atom. The normalized spacial score (nSPS) is 35.6. The molecule has 2 aromatic heterocycles. The summed E-state index contributed by atoms with van der Waals surface area (Å²) in [5.74, 6) is 0.605. The molecule has 2 amide bonds. The summed E-state index contributed by atoms with van der Waals surface area (Å²) < 4.78 is 56.9. The largest absolute Gasteiger partial charge is 0.384 e. The highest BCUT2D eigenvalue weighted by Crippen LogP contribution is 2.70. The van der Waals surface area contributed by atoms with Gasteiger partial charge in [0.2, 0.25) is 5.91 Å². The Balaban J connectivity index is 1.12. The maximum Gasteiger partial charge on any atom is 0.266 e. The molecule has 0 unspecified atom stereocenters. The van der Waals surface area contributed by atoms with Crippen LogP contribution < -0.4 is 5.32 Å². The number of carbonyl (C=O) groups excluding carboxylic acids is 2. The minimum atomic E-state index is -3.00. The van der Waals surface area contributed by atoms with Gasteiger partial charge in [-0.15, -0.1) is 0 Å². The van der Waals surface area contributed by atoms with Crippen molar-refractivity contribution in [2.75, 3.05) is 6.54 Å². The topological polar surface area (TPSA) is 111 Å². The van der Waals surface area contributed by atoms with Crippen molar-refractivity contribution in [2.45, 2.75) is 106 Å². The smallest absolute Gasteiger partial charge is 0.266 e. The number of aromatic amines is 1. The number of nitrogens with one attached hydrogen (secondary N) is 2. The Hall–Kier alpha value is -2.76. The second-order valence-corrected chi connectivity index (χ2v) is 14.2. The number of piperidine rings is 1. The van der Waals surface area contributed by atoms with E-state index in [1.807, 2.05) is 0 Å². The first-order valence-electron chi connectivity index (χ1n) is 15.3. The van der Waals surface area contributed by atoms with Gasteiger partial charge in [0.25, 0.3) is 12.3 Å². The van der Waals surface area contributed by atoms with E-state index in [2.05, 4.69) is 15.3 Å². The average Bonchev–Trinajstić information content (AvgIpc) is 3.81. The number of hydrogen-bond acceptors (Lipinski definition) is 5. The third-order valence-electron chi connectivity index (χ3n) is 10.9. The van der Waals surface area contributed by atoms with Gasteiger partial charge in [-0.25, -0.2) is 27.5 Å². The Morgan fingerprint density at radius 1 is 1.02 bits per heavy atom. The number of fused-ring (bicyclic) bond motifs is 1. The van der Waals surface area contributed by atoms with Crippen LogP contribution >= 0.6 is 0 Å². The molecule has 0 spiro atoms. The molecule has 6 aliphatic carbocycles. The summed E-state index contributed by atoms with van der Waals surface area (Å²) in [6.45, 7) is -0.0829. The lowest BCUT2D eigenvalue weighted by atomic mass is 9.41. The Morgan fingerprint density at radius 2 is 1.69 bits per heavy atom. The first-order valence-corrected chi connectivity index (χ1v) is 15.3. The number of nitrogens with zero attached hydrogens (tertiary/aromatic N) is 3. The number of carbonyl (C=O) groups is 2. The molecule has 7 aliphatic rings. The van der Waals surface area contributed by atoms with Gasteiger partial charge >= 0.3 is 0 Å². The van der Waals surface area contributed by atoms with Crippen LogP contribution in [0.1, 0.15) is 94.2 Å². The first-order chi connectivity index (χ1) is 19.9. The zero-order valence-electron chi connectivity index (χ0n) is 23.2. The van der Waals surface area contributed by atoms with Crippen LogP contribution in [0.15, 0.2) is 12.1 Å². The predicted molar refractivity (Wildman–Crippen MR) is 142 cm³/mol. The first kappa shape index (κ1) is 26.8. The number of imidazole rings is 1. The molecule has 8 nitrogen and oxygen atoms in total. The number of aliphatic hydroxyl groups is 1. The van der Waals surface area contributed by atoms with Crippen LogP contribution in [0, 0.1) is 23.2 Å². The molecule has 9 rings (SSSR count). The van der Waals surface area contributed by atoms with Crippen molar-refractivity contribution < 1.29 is 32.3 Å². The van der Waals surface area contributed by atoms with E-state index in [-0.39, 0.29) is 56.9 Å². The standard InChI is InChI=1S/C30H35F4N5O3/c31-24(32)30(42)9-10-39(26(41)27-12-28(33,13-27)14-27)19(11-30)17-5-6-18-22(35-17)38-23(36-18)21(37-25(40)29(34)7-8-29)20(15-1-2-15)16-3-4-16/h5-6,15-16,19-21,24,42H,1-4,7-14H2,(H,37,40)(H,35,36,38)/t19-,21+,27?,28?,30+/m1/s1. The zero-order valence-corrected chi connectivity index (χ0v) is 23.2. The van der Waals surface area contributed by atoms with E-state index in [0.29, 0.717) is 34.5 Å². The molecule has 3 atom stereocenters. The van der Waals surface area contributed by atoms with Crippen LogP contribution in [0.3, 0.4) is 0 Å². The SMILES string of the molecule is O=C(N[C@H](c1nc2nc([C@H]3C[C@](O)(C(F)F)CCN3C(=O)C34CC(F)(C3)C4)ccc2[nH]1)C(C1CC1)C1CC1)C1(F)CC1. The van der Waals surface area contributed by atoms with Crippen molar-refractivity contribution >= 4 is 23.0 Å². The number of likely N-dealkylation sites (tertiary alicyclic amines) is 1. The lowest BCUT2D eigenvalue weighted by Gasteiger charge is -2.65. The Bertz CT molecular complexity index is 1440. The lowest BCUT2D eigenvalue weighted by Crippen LogP contribution is -2.71. The van der Waals surface area contributed by atoms with Crippen LogP contribution in [-0.2, 0) is 9.59 Å². The fourth-order valence-electron chi connectivity index (χ4n) is 8.02. The molecule has 42 heavy (non-hydrogen) atoms. The highest BCUT2D eigenvalue weighted by Gasteiger charge is 2.74. The molecule has 2 bridgehead atoms. The zero-order chi connectivity index (χ0) is 29.2. The number of H-pyrrole nitrogens is 1. The molecule has 1 saturated heterocycles. The van der Waals surface area contributed by atoms with Gasteiger partial charge in [-0.05, 0) is 94.1 Å². The second kappa shape index (κ2) is 8.66. The summed E-state index contributed by atoms with van der Waals surface area (Å²) in [7, 11) is 0. The number of aromatic nitrogens is 3. The lowest BCUT2D eigenvalue weighted by molar-refractivity contribution is -0.228. The van der Waals surface area contributed by atoms with Crippen LogP contribution in [0.2, 0.25) is 0 Å². The minimum Gasteiger partial charge on any atom is -0.384 e. The van der Waals surface area contributed by atoms with Gasteiger partial charge in [-0.3, -0.25) is 9.59 Å². The number of pyridine rings is 1. The number of halogens is 4. The van der Waals surface area contributed by atoms with Crippen molar-refractivity contribution in [3.8, 4) is 0 Å². The monoisotopic (exact) mass is 589 g/mol. The van der Waals surface area contributed by atoms with Crippen molar-refractivity contribution in [2.24, 2.45) is 23.2 Å². The fourth-order valence-corrected chi connectivity index (χ4v) is 8.02. The van der Waals surface area contributed by atoms with Crippen molar-refractivity contribution in [3.63, 3.8) is 0 Å². The second-order valence-electron chi connectivity index (χ2n) is 14.2. The van der Waals surface area contributed by atoms with E-state index >= 15 is 0 Å². The summed E-state index contributed by atoms with van der Waals surface area (Å²) in [6, 6.07) is 1.92. The van der Waals surface area contributed by atoms with Crippen LogP contribution in [-0.4, -0.2) is 66.7 Å². The Kier molecular flexibility index (Phi) is 5.54. The van der Waals surface area contributed by atoms with E-state index in [1.165, 1.54) is 4.90 Å². The molecule has 7 fully saturated rings. The fraction of sp³-hybridized carbons (Fsp3) is 0.733. The maximum atomic E-state index is 14.7. The number of hydrogen-bond donors (Lipinski definition) is 3. The van der Waals surface area contributed by atoms with Crippen molar-refractivity contribution in [1.82, 2.24) is 25.2 Å². The van der Waals surface area contributed by atoms with Crippen molar-refractivity contribution in [1.29, 1.82) is 0 Å². The van der Waals surface area contributed by atoms with Crippen LogP contribution in [0.25, 0.3) is 11.2 Å². The van der Waals surface area contributed by atoms with E-state index < -0.39 is 53.2 Å². The highest BCUT2D eigenvalue weighted by molar-refractivity contribution is 5.88. The van der Waals surface area contributed by atoms with Crippen LogP contribution in [0.5, 0.6) is 0 Å². The van der Waals surface area contributed by atoms with Gasteiger partial charge in [0.1, 0.15) is 17.1 Å². The van der Waals surface area contributed by atoms with E-state index in [0.717, 1.165) is 25.7 Å².